The maximum Gasteiger partial charge on any atom is 0.320 e. The first kappa shape index (κ1) is 28.2. The molecule has 4 atom stereocenters. The van der Waals surface area contributed by atoms with Crippen LogP contribution in [0.2, 0.25) is 0 Å². The predicted octanol–water partition coefficient (Wildman–Crippen LogP) is 5.63. The van der Waals surface area contributed by atoms with Crippen molar-refractivity contribution in [2.75, 3.05) is 32.7 Å². The quantitative estimate of drug-likeness (QED) is 0.387. The van der Waals surface area contributed by atoms with Crippen LogP contribution in [0.4, 0.5) is 8.78 Å². The highest BCUT2D eigenvalue weighted by Gasteiger charge is 2.42. The minimum atomic E-state index is -0.975. The topological polar surface area (TPSA) is 64.0 Å². The summed E-state index contributed by atoms with van der Waals surface area (Å²) in [7, 11) is 0. The minimum absolute atomic E-state index is 0.116. The van der Waals surface area contributed by atoms with Gasteiger partial charge in [-0.15, -0.1) is 0 Å². The SMILES string of the molecule is CC(O)(CCC1CCN(C[C@H]2CN([C@H](CC3CC3)C(=O)O)C[C@@H]2c2cccc(F)c2)CC1)c1ccc(F)cc1. The van der Waals surface area contributed by atoms with E-state index in [0.29, 0.717) is 31.2 Å². The summed E-state index contributed by atoms with van der Waals surface area (Å²) in [5, 5.41) is 21.0. The van der Waals surface area contributed by atoms with Crippen LogP contribution in [0, 0.1) is 29.4 Å². The molecule has 3 aliphatic rings. The molecular formula is C32H42F2N2O3. The first-order chi connectivity index (χ1) is 18.7. The Morgan fingerprint density at radius 2 is 1.72 bits per heavy atom. The van der Waals surface area contributed by atoms with Gasteiger partial charge in [-0.25, -0.2) is 8.78 Å². The Labute approximate surface area is 230 Å². The van der Waals surface area contributed by atoms with Crippen LogP contribution in [0.5, 0.6) is 0 Å². The highest BCUT2D eigenvalue weighted by molar-refractivity contribution is 5.73. The monoisotopic (exact) mass is 540 g/mol. The van der Waals surface area contributed by atoms with Crippen molar-refractivity contribution in [2.24, 2.45) is 17.8 Å². The van der Waals surface area contributed by atoms with E-state index in [9.17, 15) is 23.8 Å². The lowest BCUT2D eigenvalue weighted by atomic mass is 9.83. The van der Waals surface area contributed by atoms with E-state index in [1.165, 1.54) is 18.2 Å². The van der Waals surface area contributed by atoms with Gasteiger partial charge >= 0.3 is 5.97 Å². The number of aliphatic hydroxyl groups is 1. The van der Waals surface area contributed by atoms with Crippen LogP contribution < -0.4 is 0 Å². The first-order valence-electron chi connectivity index (χ1n) is 14.6. The molecule has 1 aliphatic carbocycles. The molecule has 1 saturated carbocycles. The number of hydrogen-bond acceptors (Lipinski definition) is 4. The van der Waals surface area contributed by atoms with E-state index in [2.05, 4.69) is 9.80 Å². The second kappa shape index (κ2) is 12.0. The lowest BCUT2D eigenvalue weighted by Gasteiger charge is -2.36. The highest BCUT2D eigenvalue weighted by Crippen LogP contribution is 2.40. The van der Waals surface area contributed by atoms with Gasteiger partial charge < -0.3 is 15.1 Å². The molecule has 0 bridgehead atoms. The van der Waals surface area contributed by atoms with Gasteiger partial charge in [0.25, 0.3) is 0 Å². The molecule has 2 aliphatic heterocycles. The fourth-order valence-electron chi connectivity index (χ4n) is 6.76. The maximum absolute atomic E-state index is 14.1. The van der Waals surface area contributed by atoms with E-state index >= 15 is 0 Å². The van der Waals surface area contributed by atoms with Crippen molar-refractivity contribution in [3.05, 3.63) is 71.3 Å². The number of hydrogen-bond donors (Lipinski definition) is 2. The van der Waals surface area contributed by atoms with Crippen molar-refractivity contribution in [3.63, 3.8) is 0 Å². The zero-order valence-electron chi connectivity index (χ0n) is 22.9. The van der Waals surface area contributed by atoms with Crippen molar-refractivity contribution >= 4 is 5.97 Å². The summed E-state index contributed by atoms with van der Waals surface area (Å²) in [5.74, 6) is 0.151. The first-order valence-corrected chi connectivity index (χ1v) is 14.6. The van der Waals surface area contributed by atoms with Gasteiger partial charge in [-0.1, -0.05) is 37.1 Å². The van der Waals surface area contributed by atoms with E-state index in [4.69, 9.17) is 0 Å². The Morgan fingerprint density at radius 1 is 1.00 bits per heavy atom. The van der Waals surface area contributed by atoms with Crippen molar-refractivity contribution in [2.45, 2.75) is 69.4 Å². The molecule has 3 fully saturated rings. The third-order valence-electron chi connectivity index (χ3n) is 9.43. The van der Waals surface area contributed by atoms with Crippen LogP contribution >= 0.6 is 0 Å². The van der Waals surface area contributed by atoms with E-state index in [1.807, 2.05) is 6.07 Å². The second-order valence-electron chi connectivity index (χ2n) is 12.5. The lowest BCUT2D eigenvalue weighted by Crippen LogP contribution is -2.42. The van der Waals surface area contributed by atoms with Crippen LogP contribution in [0.3, 0.4) is 0 Å². The third-order valence-corrected chi connectivity index (χ3v) is 9.43. The lowest BCUT2D eigenvalue weighted by molar-refractivity contribution is -0.143. The summed E-state index contributed by atoms with van der Waals surface area (Å²) in [4.78, 5) is 16.8. The predicted molar refractivity (Wildman–Crippen MR) is 147 cm³/mol. The summed E-state index contributed by atoms with van der Waals surface area (Å²) in [6, 6.07) is 12.5. The molecule has 2 aromatic carbocycles. The van der Waals surface area contributed by atoms with E-state index < -0.39 is 17.6 Å². The summed E-state index contributed by atoms with van der Waals surface area (Å²) in [6.07, 6.45) is 6.64. The molecule has 39 heavy (non-hydrogen) atoms. The molecular weight excluding hydrogens is 498 g/mol. The molecule has 2 N–H and O–H groups in total. The Bertz CT molecular complexity index is 1110. The molecule has 0 spiro atoms. The number of likely N-dealkylation sites (tertiary alicyclic amines) is 2. The number of nitrogens with zero attached hydrogens (tertiary/aromatic N) is 2. The van der Waals surface area contributed by atoms with E-state index in [-0.39, 0.29) is 23.5 Å². The van der Waals surface area contributed by atoms with Gasteiger partial charge in [-0.3, -0.25) is 9.69 Å². The molecule has 5 rings (SSSR count). The average Bonchev–Trinajstić information content (AvgIpc) is 3.65. The fraction of sp³-hybridized carbons (Fsp3) is 0.594. The van der Waals surface area contributed by atoms with Gasteiger partial charge in [-0.05, 0) is 105 Å². The molecule has 0 aromatic heterocycles. The molecule has 2 aromatic rings. The summed E-state index contributed by atoms with van der Waals surface area (Å²) in [5.41, 5.74) is 0.741. The fourth-order valence-corrected chi connectivity index (χ4v) is 6.76. The smallest absolute Gasteiger partial charge is 0.320 e. The number of rotatable bonds is 11. The number of halogens is 2. The average molecular weight is 541 g/mol. The van der Waals surface area contributed by atoms with Crippen LogP contribution in [0.15, 0.2) is 48.5 Å². The number of benzene rings is 2. The molecule has 212 valence electrons. The number of carbonyl (C=O) groups is 1. The highest BCUT2D eigenvalue weighted by atomic mass is 19.1. The molecule has 2 saturated heterocycles. The van der Waals surface area contributed by atoms with Crippen LogP contribution in [0.1, 0.15) is 68.9 Å². The van der Waals surface area contributed by atoms with Gasteiger partial charge in [0.1, 0.15) is 17.7 Å². The van der Waals surface area contributed by atoms with Crippen molar-refractivity contribution in [1.82, 2.24) is 9.80 Å². The number of carboxylic acid groups (broad SMARTS) is 1. The summed E-state index contributed by atoms with van der Waals surface area (Å²) < 4.78 is 27.4. The zero-order valence-corrected chi connectivity index (χ0v) is 22.9. The zero-order chi connectivity index (χ0) is 27.6. The number of piperidine rings is 1. The molecule has 0 radical (unpaired) electrons. The minimum Gasteiger partial charge on any atom is -0.480 e. The molecule has 2 heterocycles. The summed E-state index contributed by atoms with van der Waals surface area (Å²) in [6.45, 7) is 6.02. The van der Waals surface area contributed by atoms with Gasteiger partial charge in [0.05, 0.1) is 5.60 Å². The Kier molecular flexibility index (Phi) is 8.69. The van der Waals surface area contributed by atoms with Crippen LogP contribution in [-0.4, -0.2) is 64.7 Å². The Hall–Kier alpha value is -2.35. The maximum atomic E-state index is 14.1. The van der Waals surface area contributed by atoms with Crippen molar-refractivity contribution in [3.8, 4) is 0 Å². The normalized spacial score (nSPS) is 25.4. The standard InChI is InChI=1S/C32H42F2N2O3/c1-32(39,26-7-9-27(33)10-8-26)14-11-22-12-15-35(16-13-22)19-25-20-36(30(31(37)38)17-23-5-6-23)21-29(25)24-3-2-4-28(34)18-24/h2-4,7-10,18,22-23,25,29-30,39H,5-6,11-17,19-21H2,1H3,(H,37,38)/t25-,29+,30+,32?/m0/s1. The molecule has 0 amide bonds. The number of aliphatic carboxylic acids is 1. The summed E-state index contributed by atoms with van der Waals surface area (Å²) >= 11 is 0. The van der Waals surface area contributed by atoms with Crippen LogP contribution in [-0.2, 0) is 10.4 Å². The van der Waals surface area contributed by atoms with Crippen LogP contribution in [0.25, 0.3) is 0 Å². The van der Waals surface area contributed by atoms with Crippen molar-refractivity contribution < 1.29 is 23.8 Å². The van der Waals surface area contributed by atoms with Gasteiger partial charge in [-0.2, -0.15) is 0 Å². The second-order valence-corrected chi connectivity index (χ2v) is 12.5. The number of carboxylic acids is 1. The Morgan fingerprint density at radius 3 is 2.36 bits per heavy atom. The van der Waals surface area contributed by atoms with Gasteiger partial charge in [0.2, 0.25) is 0 Å². The van der Waals surface area contributed by atoms with Crippen molar-refractivity contribution in [1.29, 1.82) is 0 Å². The Balaban J connectivity index is 1.18. The van der Waals surface area contributed by atoms with Gasteiger partial charge in [0, 0.05) is 25.6 Å². The molecule has 7 heteroatoms. The largest absolute Gasteiger partial charge is 0.480 e. The van der Waals surface area contributed by atoms with E-state index in [1.54, 1.807) is 31.2 Å². The van der Waals surface area contributed by atoms with E-state index in [0.717, 1.165) is 69.4 Å². The van der Waals surface area contributed by atoms with Gasteiger partial charge in [0.15, 0.2) is 0 Å². The molecule has 1 unspecified atom stereocenters. The molecule has 5 nitrogen and oxygen atoms in total. The third kappa shape index (κ3) is 7.24.